The molecule has 2 fully saturated rings. The number of nitrogens with zero attached hydrogens (tertiary/aromatic N) is 3. The van der Waals surface area contributed by atoms with Crippen molar-refractivity contribution in [3.63, 3.8) is 0 Å². The van der Waals surface area contributed by atoms with E-state index in [2.05, 4.69) is 10.2 Å². The monoisotopic (exact) mass is 688 g/mol. The van der Waals surface area contributed by atoms with E-state index in [0.29, 0.717) is 25.9 Å². The van der Waals surface area contributed by atoms with E-state index in [1.807, 2.05) is 30.3 Å². The van der Waals surface area contributed by atoms with Crippen molar-refractivity contribution in [1.82, 2.24) is 20.0 Å². The van der Waals surface area contributed by atoms with Crippen molar-refractivity contribution in [2.45, 2.75) is 36.3 Å². The fourth-order valence-corrected chi connectivity index (χ4v) is 6.93. The Morgan fingerprint density at radius 2 is 1.44 bits per heavy atom. The van der Waals surface area contributed by atoms with Crippen molar-refractivity contribution in [2.75, 3.05) is 46.9 Å². The van der Waals surface area contributed by atoms with Crippen LogP contribution in [0.2, 0.25) is 0 Å². The lowest BCUT2D eigenvalue weighted by Crippen LogP contribution is -2.72. The Morgan fingerprint density at radius 3 is 2.04 bits per heavy atom. The van der Waals surface area contributed by atoms with Crippen LogP contribution in [-0.4, -0.2) is 91.4 Å². The molecule has 1 spiro atoms. The standard InChI is InChI=1S/C37H38F2N4O7/c1-41(2)34(47)40-35(27-11-7-4-8-12-27)17-20-42(21-18-35)22-19-36(28-13-14-29(38)30(39)25-28)37(49-31(44)15-16-32(45)50-37)43(23-24-48-36)33(46)26-9-5-3-6-10-26/h3-16,25H,17-24H2,1-2H3,(H,40,47). The van der Waals surface area contributed by atoms with E-state index in [1.54, 1.807) is 44.4 Å². The summed E-state index contributed by atoms with van der Waals surface area (Å²) in [5.41, 5.74) is -1.49. The van der Waals surface area contributed by atoms with Crippen LogP contribution in [0.25, 0.3) is 0 Å². The smallest absolute Gasteiger partial charge is 0.380 e. The van der Waals surface area contributed by atoms with Crippen molar-refractivity contribution in [3.8, 4) is 0 Å². The second-order valence-corrected chi connectivity index (χ2v) is 12.7. The minimum atomic E-state index is -2.55. The Bertz CT molecular complexity index is 1760. The average Bonchev–Trinajstić information content (AvgIpc) is 3.27. The Labute approximate surface area is 288 Å². The summed E-state index contributed by atoms with van der Waals surface area (Å²) >= 11 is 0. The zero-order valence-corrected chi connectivity index (χ0v) is 27.8. The van der Waals surface area contributed by atoms with Crippen LogP contribution in [0, 0.1) is 11.6 Å². The predicted molar refractivity (Wildman–Crippen MR) is 176 cm³/mol. The Morgan fingerprint density at radius 1 is 0.820 bits per heavy atom. The molecule has 3 aliphatic rings. The molecular weight excluding hydrogens is 650 g/mol. The highest BCUT2D eigenvalue weighted by atomic mass is 19.2. The zero-order chi connectivity index (χ0) is 35.5. The van der Waals surface area contributed by atoms with E-state index in [-0.39, 0.29) is 43.3 Å². The lowest BCUT2D eigenvalue weighted by Gasteiger charge is -2.55. The van der Waals surface area contributed by atoms with Crippen molar-refractivity contribution >= 4 is 23.9 Å². The number of hydrogen-bond acceptors (Lipinski definition) is 8. The minimum Gasteiger partial charge on any atom is -0.397 e. The number of amides is 3. The number of benzene rings is 3. The van der Waals surface area contributed by atoms with Crippen molar-refractivity contribution in [3.05, 3.63) is 119 Å². The highest BCUT2D eigenvalue weighted by molar-refractivity contribution is 5.97. The summed E-state index contributed by atoms with van der Waals surface area (Å²) in [4.78, 5) is 58.1. The summed E-state index contributed by atoms with van der Waals surface area (Å²) in [5.74, 6) is -7.52. The molecule has 262 valence electrons. The molecule has 13 heteroatoms. The molecule has 1 atom stereocenters. The van der Waals surface area contributed by atoms with Gasteiger partial charge in [0.2, 0.25) is 0 Å². The van der Waals surface area contributed by atoms with Crippen LogP contribution in [-0.2, 0) is 34.9 Å². The quantitative estimate of drug-likeness (QED) is 0.366. The molecule has 3 heterocycles. The molecule has 50 heavy (non-hydrogen) atoms. The van der Waals surface area contributed by atoms with Gasteiger partial charge >= 0.3 is 23.9 Å². The number of carbonyl (C=O) groups excluding carboxylic acids is 4. The topological polar surface area (TPSA) is 118 Å². The number of ether oxygens (including phenoxy) is 3. The molecule has 2 saturated heterocycles. The van der Waals surface area contributed by atoms with Crippen LogP contribution < -0.4 is 5.32 Å². The number of piperidine rings is 1. The molecule has 11 nitrogen and oxygen atoms in total. The van der Waals surface area contributed by atoms with Gasteiger partial charge < -0.3 is 29.3 Å². The molecule has 0 radical (unpaired) electrons. The van der Waals surface area contributed by atoms with Gasteiger partial charge in [0.05, 0.1) is 18.7 Å². The van der Waals surface area contributed by atoms with Gasteiger partial charge in [0.15, 0.2) is 17.2 Å². The number of urea groups is 1. The SMILES string of the molecule is CN(C)C(=O)NC1(c2ccccc2)CCN(CCC2(c3ccc(F)c(F)c3)OCCN(C(=O)c3ccccc3)C23OC(=O)C=CC(=O)O3)CC1. The van der Waals surface area contributed by atoms with E-state index in [0.717, 1.165) is 34.7 Å². The maximum Gasteiger partial charge on any atom is 0.380 e. The molecule has 3 aromatic rings. The van der Waals surface area contributed by atoms with E-state index in [9.17, 15) is 23.6 Å². The van der Waals surface area contributed by atoms with E-state index < -0.39 is 46.5 Å². The first-order valence-electron chi connectivity index (χ1n) is 16.4. The van der Waals surface area contributed by atoms with E-state index in [1.165, 1.54) is 11.0 Å². The molecular formula is C37H38F2N4O7. The molecule has 1 unspecified atom stereocenters. The van der Waals surface area contributed by atoms with Gasteiger partial charge in [-0.2, -0.15) is 0 Å². The van der Waals surface area contributed by atoms with Crippen LogP contribution in [0.3, 0.4) is 0 Å². The van der Waals surface area contributed by atoms with Crippen molar-refractivity contribution in [1.29, 1.82) is 0 Å². The van der Waals surface area contributed by atoms with Crippen molar-refractivity contribution < 1.29 is 42.2 Å². The highest BCUT2D eigenvalue weighted by Gasteiger charge is 2.68. The lowest BCUT2D eigenvalue weighted by atomic mass is 9.80. The summed E-state index contributed by atoms with van der Waals surface area (Å²) < 4.78 is 47.7. The van der Waals surface area contributed by atoms with Gasteiger partial charge in [-0.3, -0.25) is 9.69 Å². The van der Waals surface area contributed by atoms with Gasteiger partial charge in [-0.15, -0.1) is 0 Å². The third-order valence-electron chi connectivity index (χ3n) is 9.58. The summed E-state index contributed by atoms with van der Waals surface area (Å²) in [7, 11) is 3.35. The average molecular weight is 689 g/mol. The molecule has 0 aliphatic carbocycles. The summed E-state index contributed by atoms with van der Waals surface area (Å²) in [6.45, 7) is 0.946. The Hall–Kier alpha value is -5.14. The third-order valence-corrected chi connectivity index (χ3v) is 9.58. The van der Waals surface area contributed by atoms with Crippen LogP contribution in [0.15, 0.2) is 91.0 Å². The summed E-state index contributed by atoms with van der Waals surface area (Å²) in [6, 6.07) is 20.7. The van der Waals surface area contributed by atoms with Gasteiger partial charge in [-0.25, -0.2) is 23.2 Å². The number of halogens is 2. The molecule has 3 amide bonds. The van der Waals surface area contributed by atoms with Gasteiger partial charge in [-0.05, 0) is 48.2 Å². The van der Waals surface area contributed by atoms with Crippen molar-refractivity contribution in [2.24, 2.45) is 0 Å². The van der Waals surface area contributed by atoms with Crippen LogP contribution >= 0.6 is 0 Å². The maximum absolute atomic E-state index is 15.0. The predicted octanol–water partition coefficient (Wildman–Crippen LogP) is 4.30. The molecule has 0 aromatic heterocycles. The van der Waals surface area contributed by atoms with Crippen LogP contribution in [0.5, 0.6) is 0 Å². The fraction of sp³-hybridized carbons (Fsp3) is 0.351. The van der Waals surface area contributed by atoms with Gasteiger partial charge in [-0.1, -0.05) is 54.6 Å². The van der Waals surface area contributed by atoms with Gasteiger partial charge in [0, 0.05) is 57.9 Å². The molecule has 0 saturated carbocycles. The number of carbonyl (C=O) groups is 4. The molecule has 6 rings (SSSR count). The summed E-state index contributed by atoms with van der Waals surface area (Å²) in [5, 5.41) is 3.21. The van der Waals surface area contributed by atoms with E-state index >= 15 is 4.39 Å². The molecule has 3 aliphatic heterocycles. The number of esters is 2. The minimum absolute atomic E-state index is 0.00153. The first-order valence-corrected chi connectivity index (χ1v) is 16.4. The highest BCUT2D eigenvalue weighted by Crippen LogP contribution is 2.50. The van der Waals surface area contributed by atoms with Crippen LogP contribution in [0.4, 0.5) is 13.6 Å². The number of hydrogen-bond donors (Lipinski definition) is 1. The van der Waals surface area contributed by atoms with E-state index in [4.69, 9.17) is 14.2 Å². The Balaban J connectivity index is 1.39. The van der Waals surface area contributed by atoms with Crippen LogP contribution in [0.1, 0.15) is 40.7 Å². The normalized spacial score (nSPS) is 21.6. The largest absolute Gasteiger partial charge is 0.397 e. The second-order valence-electron chi connectivity index (χ2n) is 12.7. The molecule has 0 bridgehead atoms. The second kappa shape index (κ2) is 14.0. The number of rotatable bonds is 7. The maximum atomic E-state index is 15.0. The third kappa shape index (κ3) is 6.46. The molecule has 3 aromatic carbocycles. The number of likely N-dealkylation sites (tertiary alicyclic amines) is 1. The Kier molecular flexibility index (Phi) is 9.72. The lowest BCUT2D eigenvalue weighted by molar-refractivity contribution is -0.378. The first-order chi connectivity index (χ1) is 24.0. The summed E-state index contributed by atoms with van der Waals surface area (Å²) in [6.07, 6.45) is 2.74. The number of nitrogens with one attached hydrogen (secondary N) is 1. The zero-order valence-electron chi connectivity index (χ0n) is 27.8. The number of morpholine rings is 1. The van der Waals surface area contributed by atoms with Gasteiger partial charge in [0.25, 0.3) is 5.91 Å². The first kappa shape index (κ1) is 34.7. The molecule has 1 N–H and O–H groups in total. The fourth-order valence-electron chi connectivity index (χ4n) is 6.93. The van der Waals surface area contributed by atoms with Gasteiger partial charge in [0.1, 0.15) is 0 Å².